The molecule has 2 unspecified atom stereocenters. The predicted octanol–water partition coefficient (Wildman–Crippen LogP) is 1.83. The van der Waals surface area contributed by atoms with E-state index in [9.17, 15) is 18.6 Å². The van der Waals surface area contributed by atoms with E-state index in [-0.39, 0.29) is 34.7 Å². The fourth-order valence-corrected chi connectivity index (χ4v) is 3.43. The lowest BCUT2D eigenvalue weighted by molar-refractivity contribution is -0.122. The number of ketones is 1. The fraction of sp³-hybridized carbons (Fsp3) is 0.235. The number of anilines is 1. The van der Waals surface area contributed by atoms with Gasteiger partial charge in [0.15, 0.2) is 11.9 Å². The highest BCUT2D eigenvalue weighted by Gasteiger charge is 2.24. The van der Waals surface area contributed by atoms with Gasteiger partial charge in [0.05, 0.1) is 17.2 Å². The van der Waals surface area contributed by atoms with Crippen molar-refractivity contribution in [1.29, 1.82) is 0 Å². The Labute approximate surface area is 150 Å². The monoisotopic (exact) mass is 377 g/mol. The summed E-state index contributed by atoms with van der Waals surface area (Å²) < 4.78 is 22.6. The van der Waals surface area contributed by atoms with Gasteiger partial charge in [-0.1, -0.05) is 0 Å². The third-order valence-corrected chi connectivity index (χ3v) is 4.89. The third-order valence-electron chi connectivity index (χ3n) is 3.70. The van der Waals surface area contributed by atoms with E-state index in [0.29, 0.717) is 17.0 Å². The van der Waals surface area contributed by atoms with Gasteiger partial charge in [-0.15, -0.1) is 0 Å². The Hall–Kier alpha value is -2.94. The van der Waals surface area contributed by atoms with E-state index in [1.54, 1.807) is 13.0 Å². The van der Waals surface area contributed by atoms with Gasteiger partial charge in [0.2, 0.25) is 5.76 Å². The van der Waals surface area contributed by atoms with Crippen molar-refractivity contribution in [2.45, 2.75) is 18.8 Å². The van der Waals surface area contributed by atoms with Crippen LogP contribution >= 0.6 is 0 Å². The maximum atomic E-state index is 12.3. The van der Waals surface area contributed by atoms with Crippen molar-refractivity contribution >= 4 is 34.1 Å². The quantitative estimate of drug-likeness (QED) is 0.736. The highest BCUT2D eigenvalue weighted by atomic mass is 32.2. The van der Waals surface area contributed by atoms with Gasteiger partial charge < -0.3 is 19.6 Å². The first-order valence-electron chi connectivity index (χ1n) is 7.65. The number of carbonyl (C=O) groups is 3. The van der Waals surface area contributed by atoms with Crippen molar-refractivity contribution in [3.8, 4) is 5.75 Å². The summed E-state index contributed by atoms with van der Waals surface area (Å²) in [5.74, 6) is -1.77. The molecule has 0 aliphatic carbocycles. The molecule has 136 valence electrons. The Bertz CT molecular complexity index is 918. The second-order valence-corrected chi connectivity index (χ2v) is 7.14. The second-order valence-electron chi connectivity index (χ2n) is 5.68. The fourth-order valence-electron chi connectivity index (χ4n) is 2.39. The van der Waals surface area contributed by atoms with Gasteiger partial charge in [0.1, 0.15) is 11.5 Å². The van der Waals surface area contributed by atoms with E-state index in [1.807, 2.05) is 0 Å². The molecule has 1 aromatic heterocycles. The molecular formula is C17H15NO7S. The molecule has 2 heterocycles. The van der Waals surface area contributed by atoms with Crippen molar-refractivity contribution in [1.82, 2.24) is 0 Å². The van der Waals surface area contributed by atoms with E-state index >= 15 is 0 Å². The van der Waals surface area contributed by atoms with Crippen LogP contribution in [-0.2, 0) is 21.3 Å². The largest absolute Gasteiger partial charge is 0.479 e. The smallest absolute Gasteiger partial charge is 0.371 e. The number of carbonyl (C=O) groups excluding carboxylic acids is 2. The van der Waals surface area contributed by atoms with Gasteiger partial charge in [-0.2, -0.15) is 0 Å². The van der Waals surface area contributed by atoms with Crippen LogP contribution in [0.5, 0.6) is 5.75 Å². The molecular weight excluding hydrogens is 362 g/mol. The van der Waals surface area contributed by atoms with E-state index in [2.05, 4.69) is 5.32 Å². The molecule has 8 nitrogen and oxygen atoms in total. The number of benzene rings is 1. The van der Waals surface area contributed by atoms with Crippen LogP contribution in [-0.4, -0.2) is 38.8 Å². The Kier molecular flexibility index (Phi) is 4.90. The number of hydrogen-bond donors (Lipinski definition) is 2. The van der Waals surface area contributed by atoms with Gasteiger partial charge in [0, 0.05) is 16.4 Å². The van der Waals surface area contributed by atoms with E-state index in [4.69, 9.17) is 14.3 Å². The number of carboxylic acids is 1. The molecule has 2 atom stereocenters. The van der Waals surface area contributed by atoms with Crippen molar-refractivity contribution < 1.29 is 32.9 Å². The molecule has 1 aliphatic heterocycles. The van der Waals surface area contributed by atoms with Crippen LogP contribution in [0, 0.1) is 0 Å². The number of ether oxygens (including phenoxy) is 1. The number of nitrogens with one attached hydrogen (secondary N) is 1. The molecule has 2 N–H and O–H groups in total. The van der Waals surface area contributed by atoms with E-state index in [1.165, 1.54) is 24.3 Å². The van der Waals surface area contributed by atoms with Crippen molar-refractivity contribution in [2.75, 3.05) is 11.1 Å². The average molecular weight is 377 g/mol. The highest BCUT2D eigenvalue weighted by molar-refractivity contribution is 7.85. The first-order valence-corrected chi connectivity index (χ1v) is 9.14. The van der Waals surface area contributed by atoms with Gasteiger partial charge in [-0.25, -0.2) is 4.79 Å². The SMILES string of the molecule is CC1Oc2ccc(C(=O)CS(=O)Cc3ccc(C(=O)O)o3)cc2NC1=O. The second kappa shape index (κ2) is 7.12. The van der Waals surface area contributed by atoms with Crippen LogP contribution in [0.4, 0.5) is 5.69 Å². The van der Waals surface area contributed by atoms with Crippen molar-refractivity contribution in [2.24, 2.45) is 0 Å². The van der Waals surface area contributed by atoms with E-state index < -0.39 is 22.9 Å². The average Bonchev–Trinajstić information content (AvgIpc) is 3.04. The number of aromatic carboxylic acids is 1. The molecule has 0 radical (unpaired) electrons. The third kappa shape index (κ3) is 3.83. The molecule has 0 spiro atoms. The van der Waals surface area contributed by atoms with Crippen molar-refractivity contribution in [3.63, 3.8) is 0 Å². The maximum absolute atomic E-state index is 12.3. The van der Waals surface area contributed by atoms with Crippen molar-refractivity contribution in [3.05, 3.63) is 47.4 Å². The lowest BCUT2D eigenvalue weighted by Gasteiger charge is -2.23. The molecule has 9 heteroatoms. The number of hydrogen-bond acceptors (Lipinski definition) is 6. The number of rotatable bonds is 6. The lowest BCUT2D eigenvalue weighted by Crippen LogP contribution is -2.34. The minimum Gasteiger partial charge on any atom is -0.479 e. The summed E-state index contributed by atoms with van der Waals surface area (Å²) in [4.78, 5) is 34.7. The Balaban J connectivity index is 1.66. The highest BCUT2D eigenvalue weighted by Crippen LogP contribution is 2.30. The summed E-state index contributed by atoms with van der Waals surface area (Å²) in [7, 11) is -1.57. The Morgan fingerprint density at radius 3 is 2.73 bits per heavy atom. The van der Waals surface area contributed by atoms with Crippen LogP contribution in [0.15, 0.2) is 34.7 Å². The standard InChI is InChI=1S/C17H15NO7S/c1-9-16(20)18-12-6-10(2-4-14(12)24-9)13(19)8-26(23)7-11-3-5-15(25-11)17(21)22/h2-6,9H,7-8H2,1H3,(H,18,20)(H,21,22). The Morgan fingerprint density at radius 2 is 2.04 bits per heavy atom. The molecule has 0 bridgehead atoms. The minimum atomic E-state index is -1.57. The molecule has 1 amide bonds. The summed E-state index contributed by atoms with van der Waals surface area (Å²) in [5.41, 5.74) is 0.683. The molecule has 0 saturated carbocycles. The van der Waals surface area contributed by atoms with Gasteiger partial charge in [0.25, 0.3) is 5.91 Å². The molecule has 2 aromatic rings. The summed E-state index contributed by atoms with van der Waals surface area (Å²) >= 11 is 0. The molecule has 0 saturated heterocycles. The molecule has 1 aromatic carbocycles. The summed E-state index contributed by atoms with van der Waals surface area (Å²) in [6.07, 6.45) is -0.611. The molecule has 3 rings (SSSR count). The first kappa shape index (κ1) is 17.9. The number of amides is 1. The van der Waals surface area contributed by atoms with Crippen LogP contribution in [0.1, 0.15) is 33.6 Å². The number of Topliss-reactive ketones (excluding diaryl/α,β-unsaturated/α-hetero) is 1. The maximum Gasteiger partial charge on any atom is 0.371 e. The van der Waals surface area contributed by atoms with Gasteiger partial charge >= 0.3 is 5.97 Å². The number of furan rings is 1. The zero-order chi connectivity index (χ0) is 18.8. The lowest BCUT2D eigenvalue weighted by atomic mass is 10.1. The minimum absolute atomic E-state index is 0.0681. The van der Waals surface area contributed by atoms with Gasteiger partial charge in [-0.05, 0) is 37.3 Å². The van der Waals surface area contributed by atoms with Crippen LogP contribution in [0.3, 0.4) is 0 Å². The summed E-state index contributed by atoms with van der Waals surface area (Å²) in [5, 5.41) is 11.4. The molecule has 26 heavy (non-hydrogen) atoms. The van der Waals surface area contributed by atoms with Crippen LogP contribution in [0.2, 0.25) is 0 Å². The van der Waals surface area contributed by atoms with E-state index in [0.717, 1.165) is 0 Å². The predicted molar refractivity (Wildman–Crippen MR) is 91.9 cm³/mol. The zero-order valence-corrected chi connectivity index (χ0v) is 14.5. The zero-order valence-electron chi connectivity index (χ0n) is 13.7. The number of fused-ring (bicyclic) bond motifs is 1. The van der Waals surface area contributed by atoms with Crippen LogP contribution in [0.25, 0.3) is 0 Å². The normalized spacial score (nSPS) is 17.0. The van der Waals surface area contributed by atoms with Gasteiger partial charge in [-0.3, -0.25) is 13.8 Å². The molecule has 0 fully saturated rings. The topological polar surface area (TPSA) is 123 Å². The number of carboxylic acid groups (broad SMARTS) is 1. The summed E-state index contributed by atoms with van der Waals surface area (Å²) in [6.45, 7) is 1.62. The summed E-state index contributed by atoms with van der Waals surface area (Å²) in [6, 6.07) is 7.28. The Morgan fingerprint density at radius 1 is 1.27 bits per heavy atom. The first-order chi connectivity index (χ1) is 12.3. The van der Waals surface area contributed by atoms with Crippen LogP contribution < -0.4 is 10.1 Å². The molecule has 1 aliphatic rings.